The Morgan fingerprint density at radius 1 is 1.00 bits per heavy atom. The average Bonchev–Trinajstić information content (AvgIpc) is 2.88. The van der Waals surface area contributed by atoms with Crippen LogP contribution in [0.5, 0.6) is 17.2 Å². The van der Waals surface area contributed by atoms with Gasteiger partial charge in [-0.05, 0) is 47.5 Å². The molecule has 0 saturated heterocycles. The summed E-state index contributed by atoms with van der Waals surface area (Å²) in [5.74, 6) is 0.138. The Morgan fingerprint density at radius 2 is 1.73 bits per heavy atom. The van der Waals surface area contributed by atoms with Gasteiger partial charge in [0, 0.05) is 18.1 Å². The molecule has 1 aliphatic rings. The molecule has 0 bridgehead atoms. The van der Waals surface area contributed by atoms with E-state index in [1.54, 1.807) is 19.2 Å². The van der Waals surface area contributed by atoms with E-state index in [1.807, 2.05) is 17.0 Å². The van der Waals surface area contributed by atoms with Crippen LogP contribution in [0.4, 0.5) is 13.2 Å². The number of hydrogen-bond acceptors (Lipinski definition) is 6. The van der Waals surface area contributed by atoms with Crippen LogP contribution < -0.4 is 19.6 Å². The van der Waals surface area contributed by atoms with Crippen molar-refractivity contribution in [2.24, 2.45) is 0 Å². The molecule has 0 amide bonds. The molecule has 4 aromatic rings. The standard InChI is InChI=1S/C27H21ClF3NO5/c1-34-21-9-3-15(11-22(21)35-2)12-32-13-19-20(36-14-32)10-8-18-24(33)23(16-4-6-17(28)7-5-16)26(27(29,30)31)37-25(18)19/h3-11H,12-14H2,1-2H3. The van der Waals surface area contributed by atoms with Gasteiger partial charge in [0.05, 0.1) is 30.7 Å². The third-order valence-electron chi connectivity index (χ3n) is 6.15. The second kappa shape index (κ2) is 9.64. The second-order valence-electron chi connectivity index (χ2n) is 8.51. The summed E-state index contributed by atoms with van der Waals surface area (Å²) >= 11 is 5.89. The van der Waals surface area contributed by atoms with E-state index in [4.69, 9.17) is 30.2 Å². The van der Waals surface area contributed by atoms with Crippen molar-refractivity contribution in [3.05, 3.63) is 86.7 Å². The Kier molecular flexibility index (Phi) is 6.51. The van der Waals surface area contributed by atoms with Crippen LogP contribution in [0.25, 0.3) is 22.1 Å². The monoisotopic (exact) mass is 531 g/mol. The molecule has 0 N–H and O–H groups in total. The largest absolute Gasteiger partial charge is 0.493 e. The van der Waals surface area contributed by atoms with Crippen LogP contribution in [0, 0.1) is 0 Å². The highest BCUT2D eigenvalue weighted by Crippen LogP contribution is 2.40. The maximum Gasteiger partial charge on any atom is 0.450 e. The van der Waals surface area contributed by atoms with E-state index in [0.717, 1.165) is 5.56 Å². The van der Waals surface area contributed by atoms with Gasteiger partial charge in [0.25, 0.3) is 0 Å². The zero-order valence-corrected chi connectivity index (χ0v) is 20.6. The molecule has 37 heavy (non-hydrogen) atoms. The molecule has 3 aromatic carbocycles. The van der Waals surface area contributed by atoms with Gasteiger partial charge in [-0.1, -0.05) is 29.8 Å². The number of alkyl halides is 3. The van der Waals surface area contributed by atoms with Crippen molar-refractivity contribution in [2.45, 2.75) is 19.3 Å². The van der Waals surface area contributed by atoms with E-state index in [1.165, 1.54) is 37.4 Å². The van der Waals surface area contributed by atoms with E-state index in [9.17, 15) is 18.0 Å². The fraction of sp³-hybridized carbons (Fsp3) is 0.222. The van der Waals surface area contributed by atoms with E-state index >= 15 is 0 Å². The lowest BCUT2D eigenvalue weighted by molar-refractivity contribution is -0.152. The minimum atomic E-state index is -4.90. The number of fused-ring (bicyclic) bond motifs is 3. The molecule has 192 valence electrons. The molecule has 5 rings (SSSR count). The summed E-state index contributed by atoms with van der Waals surface area (Å²) in [4.78, 5) is 15.3. The van der Waals surface area contributed by atoms with Crippen molar-refractivity contribution in [1.29, 1.82) is 0 Å². The van der Waals surface area contributed by atoms with Crippen LogP contribution in [-0.4, -0.2) is 25.9 Å². The predicted molar refractivity (Wildman–Crippen MR) is 132 cm³/mol. The number of methoxy groups -OCH3 is 2. The van der Waals surface area contributed by atoms with E-state index < -0.39 is 22.9 Å². The average molecular weight is 532 g/mol. The molecule has 6 nitrogen and oxygen atoms in total. The van der Waals surface area contributed by atoms with Crippen LogP contribution in [0.15, 0.2) is 63.8 Å². The Bertz CT molecular complexity index is 1530. The third kappa shape index (κ3) is 4.72. The summed E-state index contributed by atoms with van der Waals surface area (Å²) < 4.78 is 64.3. The highest BCUT2D eigenvalue weighted by atomic mass is 35.5. The van der Waals surface area contributed by atoms with Crippen molar-refractivity contribution in [1.82, 2.24) is 4.90 Å². The Balaban J connectivity index is 1.58. The molecule has 0 saturated carbocycles. The highest BCUT2D eigenvalue weighted by Gasteiger charge is 2.40. The lowest BCUT2D eigenvalue weighted by Crippen LogP contribution is -2.32. The van der Waals surface area contributed by atoms with Gasteiger partial charge in [0.15, 0.2) is 11.5 Å². The second-order valence-corrected chi connectivity index (χ2v) is 8.95. The van der Waals surface area contributed by atoms with Gasteiger partial charge in [-0.3, -0.25) is 9.69 Å². The van der Waals surface area contributed by atoms with E-state index in [2.05, 4.69) is 0 Å². The molecular formula is C27H21ClF3NO5. The lowest BCUT2D eigenvalue weighted by atomic mass is 10.00. The summed E-state index contributed by atoms with van der Waals surface area (Å²) in [5, 5.41) is 0.372. The van der Waals surface area contributed by atoms with E-state index in [0.29, 0.717) is 34.4 Å². The first-order chi connectivity index (χ1) is 17.7. The number of nitrogens with zero attached hydrogens (tertiary/aromatic N) is 1. The Morgan fingerprint density at radius 3 is 2.41 bits per heavy atom. The topological polar surface area (TPSA) is 61.1 Å². The maximum atomic E-state index is 14.1. The quantitative estimate of drug-likeness (QED) is 0.293. The minimum Gasteiger partial charge on any atom is -0.493 e. The number of rotatable bonds is 5. The Hall–Kier alpha value is -3.69. The zero-order valence-electron chi connectivity index (χ0n) is 19.8. The molecule has 0 atom stereocenters. The highest BCUT2D eigenvalue weighted by molar-refractivity contribution is 6.30. The van der Waals surface area contributed by atoms with Crippen molar-refractivity contribution in [2.75, 3.05) is 21.0 Å². The minimum absolute atomic E-state index is 0.0354. The first-order valence-electron chi connectivity index (χ1n) is 11.2. The normalized spacial score (nSPS) is 13.8. The summed E-state index contributed by atoms with van der Waals surface area (Å²) in [6.07, 6.45) is -4.90. The van der Waals surface area contributed by atoms with Crippen molar-refractivity contribution in [3.63, 3.8) is 0 Å². The first-order valence-corrected chi connectivity index (χ1v) is 11.6. The summed E-state index contributed by atoms with van der Waals surface area (Å²) in [6, 6.07) is 14.0. The van der Waals surface area contributed by atoms with E-state index in [-0.39, 0.29) is 29.8 Å². The third-order valence-corrected chi connectivity index (χ3v) is 6.40. The van der Waals surface area contributed by atoms with Gasteiger partial charge in [-0.2, -0.15) is 13.2 Å². The smallest absolute Gasteiger partial charge is 0.450 e. The van der Waals surface area contributed by atoms with Crippen molar-refractivity contribution < 1.29 is 31.8 Å². The van der Waals surface area contributed by atoms with Gasteiger partial charge < -0.3 is 18.6 Å². The van der Waals surface area contributed by atoms with Gasteiger partial charge in [-0.25, -0.2) is 0 Å². The summed E-state index contributed by atoms with van der Waals surface area (Å²) in [5.41, 5.74) is -0.172. The fourth-order valence-corrected chi connectivity index (χ4v) is 4.55. The number of halogens is 4. The van der Waals surface area contributed by atoms with Gasteiger partial charge in [-0.15, -0.1) is 0 Å². The molecule has 0 aliphatic carbocycles. The molecular weight excluding hydrogens is 511 g/mol. The SMILES string of the molecule is COc1ccc(CN2COc3ccc4c(=O)c(-c5ccc(Cl)cc5)c(C(F)(F)F)oc4c3C2)cc1OC. The van der Waals surface area contributed by atoms with Gasteiger partial charge >= 0.3 is 6.18 Å². The summed E-state index contributed by atoms with van der Waals surface area (Å²) in [6.45, 7) is 0.822. The zero-order chi connectivity index (χ0) is 26.3. The number of hydrogen-bond donors (Lipinski definition) is 0. The Labute approximate surface area is 214 Å². The van der Waals surface area contributed by atoms with Gasteiger partial charge in [0.2, 0.25) is 11.2 Å². The van der Waals surface area contributed by atoms with Crippen LogP contribution >= 0.6 is 11.6 Å². The molecule has 0 fully saturated rings. The van der Waals surface area contributed by atoms with Crippen molar-refractivity contribution >= 4 is 22.6 Å². The molecule has 0 radical (unpaired) electrons. The van der Waals surface area contributed by atoms with Crippen LogP contribution in [0.3, 0.4) is 0 Å². The molecule has 0 spiro atoms. The predicted octanol–water partition coefficient (Wildman–Crippen LogP) is 6.50. The first kappa shape index (κ1) is 25.0. The van der Waals surface area contributed by atoms with Crippen molar-refractivity contribution in [3.8, 4) is 28.4 Å². The van der Waals surface area contributed by atoms with Gasteiger partial charge in [0.1, 0.15) is 18.1 Å². The number of ether oxygens (including phenoxy) is 3. The summed E-state index contributed by atoms with van der Waals surface area (Å²) in [7, 11) is 3.08. The molecule has 10 heteroatoms. The molecule has 2 heterocycles. The van der Waals surface area contributed by atoms with Crippen LogP contribution in [0.1, 0.15) is 16.9 Å². The molecule has 1 aliphatic heterocycles. The van der Waals surface area contributed by atoms with Crippen LogP contribution in [-0.2, 0) is 19.3 Å². The lowest BCUT2D eigenvalue weighted by Gasteiger charge is -2.29. The molecule has 0 unspecified atom stereocenters. The number of benzene rings is 3. The van der Waals surface area contributed by atoms with Crippen LogP contribution in [0.2, 0.25) is 5.02 Å². The molecule has 1 aromatic heterocycles. The fourth-order valence-electron chi connectivity index (χ4n) is 4.43. The maximum absolute atomic E-state index is 14.1.